The Bertz CT molecular complexity index is 988. The Balaban J connectivity index is 1.57. The van der Waals surface area contributed by atoms with E-state index in [0.29, 0.717) is 6.61 Å². The summed E-state index contributed by atoms with van der Waals surface area (Å²) in [5.41, 5.74) is 4.73. The average molecular weight is 342 g/mol. The number of nitrogens with zero attached hydrogens (tertiary/aromatic N) is 2. The highest BCUT2D eigenvalue weighted by Gasteiger charge is 2.11. The zero-order valence-corrected chi connectivity index (χ0v) is 14.9. The molecule has 0 amide bonds. The second-order valence-electron chi connectivity index (χ2n) is 6.51. The van der Waals surface area contributed by atoms with Gasteiger partial charge in [-0.25, -0.2) is 4.98 Å². The third-order valence-electron chi connectivity index (χ3n) is 4.59. The zero-order valence-electron chi connectivity index (χ0n) is 14.9. The van der Waals surface area contributed by atoms with Crippen LogP contribution < -0.4 is 4.74 Å². The minimum Gasteiger partial charge on any atom is -0.486 e. The van der Waals surface area contributed by atoms with Crippen LogP contribution in [-0.4, -0.2) is 9.55 Å². The number of ether oxygens (including phenoxy) is 1. The van der Waals surface area contributed by atoms with Crippen LogP contribution in [0.3, 0.4) is 0 Å². The predicted octanol–water partition coefficient (Wildman–Crippen LogP) is 5.17. The van der Waals surface area contributed by atoms with Crippen LogP contribution >= 0.6 is 0 Å². The highest BCUT2D eigenvalue weighted by atomic mass is 16.5. The van der Waals surface area contributed by atoms with E-state index in [4.69, 9.17) is 9.72 Å². The van der Waals surface area contributed by atoms with Gasteiger partial charge in [0.05, 0.1) is 11.0 Å². The topological polar surface area (TPSA) is 27.1 Å². The summed E-state index contributed by atoms with van der Waals surface area (Å²) in [6.45, 7) is 3.43. The molecule has 0 saturated heterocycles. The monoisotopic (exact) mass is 342 g/mol. The average Bonchev–Trinajstić information content (AvgIpc) is 3.04. The highest BCUT2D eigenvalue weighted by Crippen LogP contribution is 2.19. The number of hydrogen-bond donors (Lipinski definition) is 0. The Morgan fingerprint density at radius 1 is 0.846 bits per heavy atom. The molecule has 0 radical (unpaired) electrons. The fourth-order valence-corrected chi connectivity index (χ4v) is 3.15. The molecule has 26 heavy (non-hydrogen) atoms. The van der Waals surface area contributed by atoms with Crippen LogP contribution in [0.4, 0.5) is 0 Å². The minimum absolute atomic E-state index is 0.465. The van der Waals surface area contributed by atoms with Gasteiger partial charge in [-0.3, -0.25) is 0 Å². The number of benzene rings is 3. The molecule has 0 aliphatic rings. The quantitative estimate of drug-likeness (QED) is 0.483. The van der Waals surface area contributed by atoms with E-state index < -0.39 is 0 Å². The first-order valence-electron chi connectivity index (χ1n) is 8.97. The molecule has 4 rings (SSSR count). The van der Waals surface area contributed by atoms with Crippen molar-refractivity contribution in [3.05, 3.63) is 95.8 Å². The molecule has 130 valence electrons. The number of aryl methyl sites for hydroxylation is 3. The van der Waals surface area contributed by atoms with E-state index in [0.717, 1.165) is 35.6 Å². The molecule has 0 atom stereocenters. The molecule has 0 fully saturated rings. The Labute approximate surface area is 153 Å². The molecule has 0 aliphatic carbocycles. The van der Waals surface area contributed by atoms with Gasteiger partial charge in [-0.2, -0.15) is 0 Å². The van der Waals surface area contributed by atoms with Crippen molar-refractivity contribution in [2.75, 3.05) is 0 Å². The summed E-state index contributed by atoms with van der Waals surface area (Å²) in [6, 6.07) is 27.0. The van der Waals surface area contributed by atoms with Gasteiger partial charge in [0, 0.05) is 6.54 Å². The number of aromatic nitrogens is 2. The van der Waals surface area contributed by atoms with Crippen LogP contribution in [0.5, 0.6) is 5.75 Å². The van der Waals surface area contributed by atoms with Crippen LogP contribution in [0.1, 0.15) is 17.0 Å². The third kappa shape index (κ3) is 3.62. The van der Waals surface area contributed by atoms with Crippen molar-refractivity contribution < 1.29 is 4.74 Å². The van der Waals surface area contributed by atoms with Crippen LogP contribution in [0.2, 0.25) is 0 Å². The molecule has 3 nitrogen and oxygen atoms in total. The number of hydrogen-bond acceptors (Lipinski definition) is 2. The Hall–Kier alpha value is -3.07. The molecule has 0 aliphatic heterocycles. The molecule has 0 N–H and O–H groups in total. The number of rotatable bonds is 6. The van der Waals surface area contributed by atoms with E-state index in [-0.39, 0.29) is 0 Å². The van der Waals surface area contributed by atoms with E-state index in [2.05, 4.69) is 72.2 Å². The largest absolute Gasteiger partial charge is 0.486 e. The van der Waals surface area contributed by atoms with Gasteiger partial charge in [0.15, 0.2) is 0 Å². The van der Waals surface area contributed by atoms with Crippen molar-refractivity contribution >= 4 is 11.0 Å². The fourth-order valence-electron chi connectivity index (χ4n) is 3.15. The van der Waals surface area contributed by atoms with Crippen molar-refractivity contribution in [2.24, 2.45) is 0 Å². The molecule has 0 saturated carbocycles. The molecule has 1 aromatic heterocycles. The highest BCUT2D eigenvalue weighted by molar-refractivity contribution is 5.75. The van der Waals surface area contributed by atoms with Gasteiger partial charge < -0.3 is 9.30 Å². The molecule has 0 spiro atoms. The molecule has 3 heteroatoms. The maximum Gasteiger partial charge on any atom is 0.148 e. The summed E-state index contributed by atoms with van der Waals surface area (Å²) in [5, 5.41) is 0. The van der Waals surface area contributed by atoms with Crippen molar-refractivity contribution in [1.82, 2.24) is 9.55 Å². The van der Waals surface area contributed by atoms with Crippen LogP contribution in [0.25, 0.3) is 11.0 Å². The fraction of sp³-hybridized carbons (Fsp3) is 0.174. The van der Waals surface area contributed by atoms with Gasteiger partial charge in [0.2, 0.25) is 0 Å². The molecule has 0 bridgehead atoms. The van der Waals surface area contributed by atoms with E-state index in [1.54, 1.807) is 0 Å². The van der Waals surface area contributed by atoms with Gasteiger partial charge >= 0.3 is 0 Å². The number of fused-ring (bicyclic) bond motifs is 1. The summed E-state index contributed by atoms with van der Waals surface area (Å²) in [6.07, 6.45) is 0.971. The second kappa shape index (κ2) is 7.44. The van der Waals surface area contributed by atoms with E-state index in [1.165, 1.54) is 11.1 Å². The predicted molar refractivity (Wildman–Crippen MR) is 105 cm³/mol. The van der Waals surface area contributed by atoms with Crippen LogP contribution in [0.15, 0.2) is 78.9 Å². The van der Waals surface area contributed by atoms with Crippen LogP contribution in [-0.2, 0) is 19.6 Å². The second-order valence-corrected chi connectivity index (χ2v) is 6.51. The first kappa shape index (κ1) is 16.4. The SMILES string of the molecule is Cc1ccc(OCc2nc3ccccc3n2CCc2ccccc2)cc1. The van der Waals surface area contributed by atoms with Gasteiger partial charge in [0.25, 0.3) is 0 Å². The molecular formula is C23H22N2O. The molecule has 1 heterocycles. The summed E-state index contributed by atoms with van der Waals surface area (Å²) in [4.78, 5) is 4.80. The van der Waals surface area contributed by atoms with Crippen molar-refractivity contribution in [3.63, 3.8) is 0 Å². The third-order valence-corrected chi connectivity index (χ3v) is 4.59. The maximum atomic E-state index is 5.99. The van der Waals surface area contributed by atoms with Gasteiger partial charge in [-0.1, -0.05) is 60.2 Å². The summed E-state index contributed by atoms with van der Waals surface area (Å²) in [7, 11) is 0. The first-order valence-corrected chi connectivity index (χ1v) is 8.97. The number of para-hydroxylation sites is 2. The first-order chi connectivity index (χ1) is 12.8. The number of imidazole rings is 1. The van der Waals surface area contributed by atoms with Gasteiger partial charge in [-0.05, 0) is 43.2 Å². The lowest BCUT2D eigenvalue weighted by Gasteiger charge is -2.11. The molecular weight excluding hydrogens is 320 g/mol. The Morgan fingerprint density at radius 3 is 2.38 bits per heavy atom. The van der Waals surface area contributed by atoms with E-state index in [1.807, 2.05) is 18.2 Å². The van der Waals surface area contributed by atoms with Crippen molar-refractivity contribution in [3.8, 4) is 5.75 Å². The lowest BCUT2D eigenvalue weighted by atomic mass is 10.1. The van der Waals surface area contributed by atoms with Gasteiger partial charge in [0.1, 0.15) is 18.2 Å². The maximum absolute atomic E-state index is 5.99. The normalized spacial score (nSPS) is 11.0. The standard InChI is InChI=1S/C23H22N2O/c1-18-11-13-20(14-12-18)26-17-23-24-21-9-5-6-10-22(21)25(23)16-15-19-7-3-2-4-8-19/h2-14H,15-17H2,1H3. The Morgan fingerprint density at radius 2 is 1.58 bits per heavy atom. The van der Waals surface area contributed by atoms with Crippen LogP contribution in [0, 0.1) is 6.92 Å². The molecule has 0 unspecified atom stereocenters. The van der Waals surface area contributed by atoms with Crippen molar-refractivity contribution in [2.45, 2.75) is 26.5 Å². The minimum atomic E-state index is 0.465. The van der Waals surface area contributed by atoms with Crippen molar-refractivity contribution in [1.29, 1.82) is 0 Å². The zero-order chi connectivity index (χ0) is 17.8. The lowest BCUT2D eigenvalue weighted by molar-refractivity contribution is 0.290. The van der Waals surface area contributed by atoms with E-state index in [9.17, 15) is 0 Å². The summed E-state index contributed by atoms with van der Waals surface area (Å²) in [5.74, 6) is 1.83. The Kier molecular flexibility index (Phi) is 4.69. The lowest BCUT2D eigenvalue weighted by Crippen LogP contribution is -2.09. The van der Waals surface area contributed by atoms with E-state index >= 15 is 0 Å². The van der Waals surface area contributed by atoms with Gasteiger partial charge in [-0.15, -0.1) is 0 Å². The molecule has 4 aromatic rings. The summed E-state index contributed by atoms with van der Waals surface area (Å²) < 4.78 is 8.26. The smallest absolute Gasteiger partial charge is 0.148 e. The molecule has 3 aromatic carbocycles. The summed E-state index contributed by atoms with van der Waals surface area (Å²) >= 11 is 0.